The van der Waals surface area contributed by atoms with E-state index < -0.39 is 17.3 Å². The zero-order valence-electron chi connectivity index (χ0n) is 9.32. The van der Waals surface area contributed by atoms with Crippen LogP contribution in [0.1, 0.15) is 12.5 Å². The summed E-state index contributed by atoms with van der Waals surface area (Å²) in [6.07, 6.45) is 0.296. The van der Waals surface area contributed by atoms with E-state index in [4.69, 9.17) is 5.73 Å². The molecule has 0 spiro atoms. The van der Waals surface area contributed by atoms with Crippen molar-refractivity contribution in [2.45, 2.75) is 19.9 Å². The van der Waals surface area contributed by atoms with Crippen LogP contribution in [0.4, 0.5) is 4.79 Å². The first-order valence-electron chi connectivity index (χ1n) is 5.05. The van der Waals surface area contributed by atoms with Crippen molar-refractivity contribution < 1.29 is 9.90 Å². The number of H-pyrrole nitrogens is 1. The third-order valence-corrected chi connectivity index (χ3v) is 2.25. The predicted octanol–water partition coefficient (Wildman–Crippen LogP) is -1.53. The first kappa shape index (κ1) is 12.8. The number of primary amides is 1. The summed E-state index contributed by atoms with van der Waals surface area (Å²) in [5, 5.41) is 12.0. The summed E-state index contributed by atoms with van der Waals surface area (Å²) in [6, 6.07) is -0.724. The number of carbonyl (C=O) groups excluding carboxylic acids is 1. The Kier molecular flexibility index (Phi) is 3.91. The van der Waals surface area contributed by atoms with Crippen LogP contribution in [0.25, 0.3) is 0 Å². The van der Waals surface area contributed by atoms with Crippen molar-refractivity contribution in [1.29, 1.82) is 0 Å². The number of nitrogens with one attached hydrogen (secondary N) is 2. The number of aromatic amines is 1. The molecule has 8 nitrogen and oxygen atoms in total. The normalized spacial score (nSPS) is 10.2. The van der Waals surface area contributed by atoms with Crippen LogP contribution in [0.5, 0.6) is 5.88 Å². The number of hydrogen-bond donors (Lipinski definition) is 4. The van der Waals surface area contributed by atoms with E-state index in [1.807, 2.05) is 0 Å². The van der Waals surface area contributed by atoms with E-state index in [1.54, 1.807) is 6.92 Å². The molecular weight excluding hydrogens is 228 g/mol. The Hall–Kier alpha value is -2.25. The Morgan fingerprint density at radius 2 is 2.18 bits per heavy atom. The molecule has 2 amide bonds. The SMILES string of the molecule is CCc1c(O)n(CCNC(N)=O)c(=O)[nH]c1=O. The first-order valence-corrected chi connectivity index (χ1v) is 5.05. The quantitative estimate of drug-likeness (QED) is 0.510. The third-order valence-electron chi connectivity index (χ3n) is 2.25. The molecule has 1 heterocycles. The monoisotopic (exact) mass is 242 g/mol. The molecule has 5 N–H and O–H groups in total. The number of nitrogens with two attached hydrogens (primary N) is 1. The van der Waals surface area contributed by atoms with Crippen LogP contribution < -0.4 is 22.3 Å². The van der Waals surface area contributed by atoms with Gasteiger partial charge in [0.05, 0.1) is 5.56 Å². The lowest BCUT2D eigenvalue weighted by Gasteiger charge is -2.10. The Bertz CT molecular complexity index is 531. The van der Waals surface area contributed by atoms with Crippen molar-refractivity contribution in [3.8, 4) is 5.88 Å². The predicted molar refractivity (Wildman–Crippen MR) is 60.0 cm³/mol. The van der Waals surface area contributed by atoms with Gasteiger partial charge in [0, 0.05) is 13.1 Å². The van der Waals surface area contributed by atoms with E-state index in [9.17, 15) is 19.5 Å². The molecule has 8 heteroatoms. The van der Waals surface area contributed by atoms with Crippen molar-refractivity contribution in [3.05, 3.63) is 26.4 Å². The average molecular weight is 242 g/mol. The van der Waals surface area contributed by atoms with E-state index >= 15 is 0 Å². The molecule has 1 aromatic rings. The Labute approximate surface area is 96.1 Å². The third kappa shape index (κ3) is 2.86. The van der Waals surface area contributed by atoms with Gasteiger partial charge in [0.25, 0.3) is 5.56 Å². The Morgan fingerprint density at radius 1 is 1.53 bits per heavy atom. The largest absolute Gasteiger partial charge is 0.494 e. The molecule has 0 saturated carbocycles. The van der Waals surface area contributed by atoms with Gasteiger partial charge in [-0.2, -0.15) is 0 Å². The minimum atomic E-state index is -0.726. The summed E-state index contributed by atoms with van der Waals surface area (Å²) in [5.74, 6) is -0.382. The van der Waals surface area contributed by atoms with Crippen LogP contribution in [0.3, 0.4) is 0 Å². The fraction of sp³-hybridized carbons (Fsp3) is 0.444. The zero-order chi connectivity index (χ0) is 13.0. The minimum absolute atomic E-state index is 0.0252. The number of amides is 2. The van der Waals surface area contributed by atoms with E-state index in [0.29, 0.717) is 6.42 Å². The van der Waals surface area contributed by atoms with E-state index in [1.165, 1.54) is 0 Å². The number of carbonyl (C=O) groups is 1. The highest BCUT2D eigenvalue weighted by atomic mass is 16.3. The Balaban J connectivity index is 3.03. The topological polar surface area (TPSA) is 130 Å². The highest BCUT2D eigenvalue weighted by molar-refractivity contribution is 5.71. The number of rotatable bonds is 4. The molecule has 0 fully saturated rings. The van der Waals surface area contributed by atoms with Crippen molar-refractivity contribution >= 4 is 6.03 Å². The summed E-state index contributed by atoms with van der Waals surface area (Å²) in [7, 11) is 0. The maximum absolute atomic E-state index is 11.4. The van der Waals surface area contributed by atoms with Gasteiger partial charge in [0.1, 0.15) is 0 Å². The minimum Gasteiger partial charge on any atom is -0.494 e. The van der Waals surface area contributed by atoms with Gasteiger partial charge in [-0.25, -0.2) is 9.59 Å². The number of aromatic hydroxyl groups is 1. The number of nitrogens with zero attached hydrogens (tertiary/aromatic N) is 1. The zero-order valence-corrected chi connectivity index (χ0v) is 9.32. The van der Waals surface area contributed by atoms with Crippen molar-refractivity contribution in [1.82, 2.24) is 14.9 Å². The molecule has 0 bridgehead atoms. The van der Waals surface area contributed by atoms with Crippen LogP contribution in [-0.2, 0) is 13.0 Å². The molecule has 0 aromatic carbocycles. The fourth-order valence-electron chi connectivity index (χ4n) is 1.42. The fourth-order valence-corrected chi connectivity index (χ4v) is 1.42. The summed E-state index contributed by atoms with van der Waals surface area (Å²) in [5.41, 5.74) is 3.65. The summed E-state index contributed by atoms with van der Waals surface area (Å²) < 4.78 is 0.968. The molecule has 0 saturated heterocycles. The van der Waals surface area contributed by atoms with Gasteiger partial charge in [0.15, 0.2) is 0 Å². The molecule has 0 aliphatic heterocycles. The molecule has 94 valence electrons. The van der Waals surface area contributed by atoms with Crippen LogP contribution in [0.15, 0.2) is 9.59 Å². The van der Waals surface area contributed by atoms with Gasteiger partial charge >= 0.3 is 11.7 Å². The first-order chi connectivity index (χ1) is 7.97. The maximum atomic E-state index is 11.4. The van der Waals surface area contributed by atoms with Crippen LogP contribution >= 0.6 is 0 Å². The number of aromatic nitrogens is 2. The highest BCUT2D eigenvalue weighted by Gasteiger charge is 2.11. The molecule has 0 atom stereocenters. The van der Waals surface area contributed by atoms with Gasteiger partial charge < -0.3 is 16.2 Å². The van der Waals surface area contributed by atoms with Gasteiger partial charge in [-0.05, 0) is 6.42 Å². The number of hydrogen-bond acceptors (Lipinski definition) is 4. The molecule has 0 aliphatic rings. The molecule has 0 aliphatic carbocycles. The average Bonchev–Trinajstić information content (AvgIpc) is 2.22. The van der Waals surface area contributed by atoms with E-state index in [2.05, 4.69) is 10.3 Å². The lowest BCUT2D eigenvalue weighted by molar-refractivity contribution is 0.248. The standard InChI is InChI=1S/C9H14N4O4/c1-2-5-6(14)12-9(17)13(7(5)15)4-3-11-8(10)16/h15H,2-4H2,1H3,(H3,10,11,16)(H,12,14,17). The second kappa shape index (κ2) is 5.19. The number of urea groups is 1. The molecule has 0 unspecified atom stereocenters. The van der Waals surface area contributed by atoms with Gasteiger partial charge in [0.2, 0.25) is 5.88 Å². The Morgan fingerprint density at radius 3 is 2.71 bits per heavy atom. The van der Waals surface area contributed by atoms with Crippen molar-refractivity contribution in [2.24, 2.45) is 5.73 Å². The summed E-state index contributed by atoms with van der Waals surface area (Å²) >= 11 is 0. The molecule has 1 rings (SSSR count). The smallest absolute Gasteiger partial charge is 0.331 e. The second-order valence-electron chi connectivity index (χ2n) is 3.36. The highest BCUT2D eigenvalue weighted by Crippen LogP contribution is 2.09. The lowest BCUT2D eigenvalue weighted by atomic mass is 10.2. The van der Waals surface area contributed by atoms with Crippen LogP contribution in [0, 0.1) is 0 Å². The van der Waals surface area contributed by atoms with E-state index in [-0.39, 0.29) is 24.5 Å². The molecule has 17 heavy (non-hydrogen) atoms. The van der Waals surface area contributed by atoms with Gasteiger partial charge in [-0.15, -0.1) is 0 Å². The van der Waals surface area contributed by atoms with Crippen molar-refractivity contribution in [3.63, 3.8) is 0 Å². The molecule has 0 radical (unpaired) electrons. The van der Waals surface area contributed by atoms with Crippen molar-refractivity contribution in [2.75, 3.05) is 6.54 Å². The van der Waals surface area contributed by atoms with Gasteiger partial charge in [-0.1, -0.05) is 6.92 Å². The van der Waals surface area contributed by atoms with Crippen LogP contribution in [-0.4, -0.2) is 27.2 Å². The second-order valence-corrected chi connectivity index (χ2v) is 3.36. The lowest BCUT2D eigenvalue weighted by Crippen LogP contribution is -2.37. The van der Waals surface area contributed by atoms with E-state index in [0.717, 1.165) is 4.57 Å². The molecule has 1 aromatic heterocycles. The van der Waals surface area contributed by atoms with Gasteiger partial charge in [-0.3, -0.25) is 14.3 Å². The summed E-state index contributed by atoms with van der Waals surface area (Å²) in [4.78, 5) is 35.2. The molecular formula is C9H14N4O4. The maximum Gasteiger partial charge on any atom is 0.331 e. The summed E-state index contributed by atoms with van der Waals surface area (Å²) in [6.45, 7) is 1.79. The van der Waals surface area contributed by atoms with Crippen LogP contribution in [0.2, 0.25) is 0 Å².